The van der Waals surface area contributed by atoms with Crippen molar-refractivity contribution in [1.29, 1.82) is 0 Å². The zero-order valence-electron chi connectivity index (χ0n) is 14.8. The Morgan fingerprint density at radius 1 is 1.27 bits per heavy atom. The van der Waals surface area contributed by atoms with Crippen LogP contribution >= 0.6 is 0 Å². The van der Waals surface area contributed by atoms with E-state index in [1.165, 1.54) is 0 Å². The number of anilines is 2. The van der Waals surface area contributed by atoms with E-state index in [4.69, 9.17) is 9.15 Å². The number of nitrogens with zero attached hydrogens (tertiary/aromatic N) is 4. The van der Waals surface area contributed by atoms with Crippen molar-refractivity contribution in [3.63, 3.8) is 0 Å². The summed E-state index contributed by atoms with van der Waals surface area (Å²) in [5.41, 5.74) is 0.668. The summed E-state index contributed by atoms with van der Waals surface area (Å²) >= 11 is 0. The fraction of sp³-hybridized carbons (Fsp3) is 0.389. The standard InChI is InChI=1S/C18H22N6O2/c1-19-18-21-7-5-16(23-18)24-10-14(15(11-24)25-2)22-9-13-8-12-4-3-6-20-17(12)26-13/h3-8,14-15,22H,9-11H2,1-2H3,(H,19,21,23)/t14-,15+/m1/s1. The fourth-order valence-electron chi connectivity index (χ4n) is 3.29. The van der Waals surface area contributed by atoms with Gasteiger partial charge < -0.3 is 24.7 Å². The van der Waals surface area contributed by atoms with E-state index in [0.29, 0.717) is 18.2 Å². The molecule has 0 radical (unpaired) electrons. The van der Waals surface area contributed by atoms with Crippen LogP contribution in [0.3, 0.4) is 0 Å². The molecule has 4 heterocycles. The normalized spacial score (nSPS) is 20.0. The van der Waals surface area contributed by atoms with Crippen molar-refractivity contribution in [2.45, 2.75) is 18.7 Å². The van der Waals surface area contributed by atoms with Crippen LogP contribution in [-0.4, -0.2) is 54.3 Å². The second-order valence-corrected chi connectivity index (χ2v) is 6.27. The highest BCUT2D eigenvalue weighted by molar-refractivity contribution is 5.73. The largest absolute Gasteiger partial charge is 0.441 e. The molecular formula is C18H22N6O2. The van der Waals surface area contributed by atoms with Gasteiger partial charge in [0.1, 0.15) is 11.6 Å². The summed E-state index contributed by atoms with van der Waals surface area (Å²) in [6.45, 7) is 2.20. The van der Waals surface area contributed by atoms with Crippen LogP contribution in [-0.2, 0) is 11.3 Å². The Morgan fingerprint density at radius 3 is 3.00 bits per heavy atom. The molecule has 136 valence electrons. The summed E-state index contributed by atoms with van der Waals surface area (Å²) < 4.78 is 11.5. The minimum absolute atomic E-state index is 0.0745. The van der Waals surface area contributed by atoms with Gasteiger partial charge in [0, 0.05) is 45.0 Å². The molecule has 0 amide bonds. The van der Waals surface area contributed by atoms with Crippen LogP contribution in [0.4, 0.5) is 11.8 Å². The van der Waals surface area contributed by atoms with E-state index in [1.807, 2.05) is 31.3 Å². The number of pyridine rings is 1. The van der Waals surface area contributed by atoms with Crippen molar-refractivity contribution in [1.82, 2.24) is 20.3 Å². The molecule has 0 saturated carbocycles. The van der Waals surface area contributed by atoms with Gasteiger partial charge >= 0.3 is 0 Å². The van der Waals surface area contributed by atoms with Gasteiger partial charge in [0.05, 0.1) is 18.7 Å². The van der Waals surface area contributed by atoms with E-state index >= 15 is 0 Å². The molecule has 0 aliphatic carbocycles. The molecule has 1 aliphatic heterocycles. The molecule has 8 nitrogen and oxygen atoms in total. The van der Waals surface area contributed by atoms with Crippen LogP contribution in [0.25, 0.3) is 11.1 Å². The highest BCUT2D eigenvalue weighted by Gasteiger charge is 2.33. The third kappa shape index (κ3) is 3.33. The van der Waals surface area contributed by atoms with Crippen molar-refractivity contribution >= 4 is 22.9 Å². The maximum atomic E-state index is 5.78. The summed E-state index contributed by atoms with van der Waals surface area (Å²) in [6, 6.07) is 8.02. The molecule has 0 aromatic carbocycles. The average Bonchev–Trinajstić information content (AvgIpc) is 3.29. The van der Waals surface area contributed by atoms with E-state index in [2.05, 4.69) is 30.5 Å². The van der Waals surface area contributed by atoms with Crippen molar-refractivity contribution < 1.29 is 9.15 Å². The monoisotopic (exact) mass is 354 g/mol. The third-order valence-corrected chi connectivity index (χ3v) is 4.64. The second kappa shape index (κ2) is 7.27. The zero-order chi connectivity index (χ0) is 17.9. The molecule has 3 aromatic heterocycles. The molecule has 0 spiro atoms. The lowest BCUT2D eigenvalue weighted by Crippen LogP contribution is -2.39. The van der Waals surface area contributed by atoms with Crippen LogP contribution < -0.4 is 15.5 Å². The molecular weight excluding hydrogens is 332 g/mol. The molecule has 0 bridgehead atoms. The number of hydrogen-bond acceptors (Lipinski definition) is 8. The fourth-order valence-corrected chi connectivity index (χ4v) is 3.29. The van der Waals surface area contributed by atoms with Crippen LogP contribution in [0.15, 0.2) is 41.1 Å². The zero-order valence-corrected chi connectivity index (χ0v) is 14.8. The molecule has 2 atom stereocenters. The van der Waals surface area contributed by atoms with Gasteiger partial charge in [-0.05, 0) is 24.3 Å². The SMILES string of the molecule is CNc1nccc(N2C[C@H](OC)[C@H](NCc3cc4cccnc4o3)C2)n1. The molecule has 1 saturated heterocycles. The topological polar surface area (TPSA) is 88.3 Å². The van der Waals surface area contributed by atoms with Crippen LogP contribution in [0.2, 0.25) is 0 Å². The Labute approximate surface area is 151 Å². The number of furan rings is 1. The van der Waals surface area contributed by atoms with E-state index in [1.54, 1.807) is 19.5 Å². The number of aromatic nitrogens is 3. The van der Waals surface area contributed by atoms with Gasteiger partial charge in [-0.15, -0.1) is 0 Å². The second-order valence-electron chi connectivity index (χ2n) is 6.27. The highest BCUT2D eigenvalue weighted by atomic mass is 16.5. The van der Waals surface area contributed by atoms with E-state index < -0.39 is 0 Å². The van der Waals surface area contributed by atoms with E-state index in [-0.39, 0.29) is 12.1 Å². The van der Waals surface area contributed by atoms with E-state index in [9.17, 15) is 0 Å². The minimum Gasteiger partial charge on any atom is -0.441 e. The predicted octanol–water partition coefficient (Wildman–Crippen LogP) is 1.65. The van der Waals surface area contributed by atoms with Gasteiger partial charge in [-0.2, -0.15) is 4.98 Å². The first-order chi connectivity index (χ1) is 12.8. The Morgan fingerprint density at radius 2 is 2.19 bits per heavy atom. The summed E-state index contributed by atoms with van der Waals surface area (Å²) in [5.74, 6) is 2.37. The van der Waals surface area contributed by atoms with Crippen LogP contribution in [0, 0.1) is 0 Å². The number of hydrogen-bond donors (Lipinski definition) is 2. The molecule has 2 N–H and O–H groups in total. The molecule has 0 unspecified atom stereocenters. The van der Waals surface area contributed by atoms with Crippen molar-refractivity contribution in [3.8, 4) is 0 Å². The highest BCUT2D eigenvalue weighted by Crippen LogP contribution is 2.22. The van der Waals surface area contributed by atoms with Gasteiger partial charge in [-0.1, -0.05) is 0 Å². The lowest BCUT2D eigenvalue weighted by Gasteiger charge is -2.17. The number of nitrogens with one attached hydrogen (secondary N) is 2. The Bertz CT molecular complexity index is 850. The summed E-state index contributed by atoms with van der Waals surface area (Å²) in [5, 5.41) is 7.53. The maximum absolute atomic E-state index is 5.78. The number of fused-ring (bicyclic) bond motifs is 1. The molecule has 4 rings (SSSR count). The van der Waals surface area contributed by atoms with Gasteiger partial charge in [-0.25, -0.2) is 9.97 Å². The quantitative estimate of drug-likeness (QED) is 0.691. The Kier molecular flexibility index (Phi) is 4.68. The Hall–Kier alpha value is -2.71. The van der Waals surface area contributed by atoms with Gasteiger partial charge in [0.2, 0.25) is 11.7 Å². The first-order valence-corrected chi connectivity index (χ1v) is 8.62. The smallest absolute Gasteiger partial charge is 0.226 e. The van der Waals surface area contributed by atoms with Crippen molar-refractivity contribution in [2.24, 2.45) is 0 Å². The van der Waals surface area contributed by atoms with E-state index in [0.717, 1.165) is 30.1 Å². The molecule has 3 aromatic rings. The summed E-state index contributed by atoms with van der Waals surface area (Å²) in [7, 11) is 3.56. The average molecular weight is 354 g/mol. The minimum atomic E-state index is 0.0745. The predicted molar refractivity (Wildman–Crippen MR) is 99.2 cm³/mol. The van der Waals surface area contributed by atoms with Gasteiger partial charge in [-0.3, -0.25) is 0 Å². The number of rotatable bonds is 6. The van der Waals surface area contributed by atoms with Crippen molar-refractivity contribution in [2.75, 3.05) is 37.5 Å². The number of ether oxygens (including phenoxy) is 1. The van der Waals surface area contributed by atoms with Crippen LogP contribution in [0.5, 0.6) is 0 Å². The van der Waals surface area contributed by atoms with Crippen molar-refractivity contribution in [3.05, 3.63) is 42.4 Å². The lowest BCUT2D eigenvalue weighted by atomic mass is 10.2. The first-order valence-electron chi connectivity index (χ1n) is 8.62. The molecule has 1 fully saturated rings. The summed E-state index contributed by atoms with van der Waals surface area (Å²) in [4.78, 5) is 15.1. The lowest BCUT2D eigenvalue weighted by molar-refractivity contribution is 0.0961. The van der Waals surface area contributed by atoms with Gasteiger partial charge in [0.15, 0.2) is 0 Å². The number of methoxy groups -OCH3 is 1. The maximum Gasteiger partial charge on any atom is 0.226 e. The molecule has 8 heteroatoms. The Balaban J connectivity index is 1.43. The molecule has 1 aliphatic rings. The van der Waals surface area contributed by atoms with Gasteiger partial charge in [0.25, 0.3) is 0 Å². The molecule has 26 heavy (non-hydrogen) atoms. The van der Waals surface area contributed by atoms with Crippen LogP contribution in [0.1, 0.15) is 5.76 Å². The first kappa shape index (κ1) is 16.7. The summed E-state index contributed by atoms with van der Waals surface area (Å²) in [6.07, 6.45) is 3.57. The third-order valence-electron chi connectivity index (χ3n) is 4.64.